The molecule has 0 saturated heterocycles. The predicted octanol–water partition coefficient (Wildman–Crippen LogP) is 5.92. The van der Waals surface area contributed by atoms with Crippen LogP contribution in [0.4, 0.5) is 11.4 Å². The average molecular weight is 371 g/mol. The van der Waals surface area contributed by atoms with Gasteiger partial charge in [-0.1, -0.05) is 35.3 Å². The minimum absolute atomic E-state index is 0.748. The second-order valence-electron chi connectivity index (χ2n) is 5.37. The van der Waals surface area contributed by atoms with E-state index in [1.807, 2.05) is 42.6 Å². The minimum atomic E-state index is 0.748. The van der Waals surface area contributed by atoms with Gasteiger partial charge in [-0.15, -0.1) is 0 Å². The highest BCUT2D eigenvalue weighted by Crippen LogP contribution is 2.28. The molecule has 4 heteroatoms. The number of anilines is 2. The Morgan fingerprint density at radius 3 is 2.87 bits per heavy atom. The maximum atomic E-state index is 5.76. The summed E-state index contributed by atoms with van der Waals surface area (Å²) >= 11 is 3.50. The number of halogens is 1. The van der Waals surface area contributed by atoms with Crippen LogP contribution < -0.4 is 10.1 Å². The summed E-state index contributed by atoms with van der Waals surface area (Å²) < 4.78 is 6.81. The zero-order valence-electron chi connectivity index (χ0n) is 13.1. The Bertz CT molecular complexity index is 804. The number of benzene rings is 2. The Morgan fingerprint density at radius 2 is 2.04 bits per heavy atom. The van der Waals surface area contributed by atoms with E-state index >= 15 is 0 Å². The van der Waals surface area contributed by atoms with Crippen molar-refractivity contribution in [1.29, 1.82) is 0 Å². The zero-order chi connectivity index (χ0) is 16.1. The smallest absolute Gasteiger partial charge is 0.121 e. The third-order valence-corrected chi connectivity index (χ3v) is 4.08. The number of hydrogen-bond donors (Lipinski definition) is 1. The SMILES string of the molecule is CCCCOc1ccc2c(Nc3cccc(Br)c3)ccnc2c1. The molecular formula is C19H19BrN2O. The molecule has 1 N–H and O–H groups in total. The van der Waals surface area contributed by atoms with Crippen molar-refractivity contribution >= 4 is 38.2 Å². The lowest BCUT2D eigenvalue weighted by molar-refractivity contribution is 0.310. The van der Waals surface area contributed by atoms with Gasteiger partial charge in [0.25, 0.3) is 0 Å². The van der Waals surface area contributed by atoms with Gasteiger partial charge in [0, 0.05) is 33.5 Å². The maximum Gasteiger partial charge on any atom is 0.121 e. The number of aromatic nitrogens is 1. The van der Waals surface area contributed by atoms with Crippen molar-refractivity contribution in [2.75, 3.05) is 11.9 Å². The summed E-state index contributed by atoms with van der Waals surface area (Å²) in [6, 6.07) is 16.2. The van der Waals surface area contributed by atoms with Crippen LogP contribution in [0.1, 0.15) is 19.8 Å². The fraction of sp³-hybridized carbons (Fsp3) is 0.211. The number of nitrogens with one attached hydrogen (secondary N) is 1. The van der Waals surface area contributed by atoms with Crippen molar-refractivity contribution < 1.29 is 4.74 Å². The normalized spacial score (nSPS) is 10.7. The Balaban J connectivity index is 1.86. The van der Waals surface area contributed by atoms with E-state index in [1.54, 1.807) is 0 Å². The number of nitrogens with zero attached hydrogens (tertiary/aromatic N) is 1. The summed E-state index contributed by atoms with van der Waals surface area (Å²) in [6.45, 7) is 2.91. The highest BCUT2D eigenvalue weighted by molar-refractivity contribution is 9.10. The molecule has 0 amide bonds. The highest BCUT2D eigenvalue weighted by atomic mass is 79.9. The summed E-state index contributed by atoms with van der Waals surface area (Å²) in [5.41, 5.74) is 3.00. The summed E-state index contributed by atoms with van der Waals surface area (Å²) in [5, 5.41) is 4.53. The van der Waals surface area contributed by atoms with E-state index in [4.69, 9.17) is 4.74 Å². The fourth-order valence-electron chi connectivity index (χ4n) is 2.38. The van der Waals surface area contributed by atoms with Crippen LogP contribution in [0.2, 0.25) is 0 Å². The maximum absolute atomic E-state index is 5.76. The minimum Gasteiger partial charge on any atom is -0.494 e. The predicted molar refractivity (Wildman–Crippen MR) is 99.6 cm³/mol. The van der Waals surface area contributed by atoms with Crippen LogP contribution in [0.25, 0.3) is 10.9 Å². The van der Waals surface area contributed by atoms with E-state index in [1.165, 1.54) is 0 Å². The van der Waals surface area contributed by atoms with Gasteiger partial charge in [-0.25, -0.2) is 0 Å². The van der Waals surface area contributed by atoms with Gasteiger partial charge in [-0.05, 0) is 42.8 Å². The molecule has 0 aliphatic carbocycles. The van der Waals surface area contributed by atoms with Gasteiger partial charge in [0.15, 0.2) is 0 Å². The van der Waals surface area contributed by atoms with Crippen LogP contribution in [0, 0.1) is 0 Å². The van der Waals surface area contributed by atoms with Crippen molar-refractivity contribution in [2.24, 2.45) is 0 Å². The molecule has 0 aliphatic rings. The number of fused-ring (bicyclic) bond motifs is 1. The van der Waals surface area contributed by atoms with Crippen LogP contribution in [0.3, 0.4) is 0 Å². The van der Waals surface area contributed by atoms with Crippen LogP contribution in [0.15, 0.2) is 59.2 Å². The van der Waals surface area contributed by atoms with Gasteiger partial charge < -0.3 is 10.1 Å². The van der Waals surface area contributed by atoms with Crippen LogP contribution >= 0.6 is 15.9 Å². The molecule has 3 aromatic rings. The number of hydrogen-bond acceptors (Lipinski definition) is 3. The molecule has 0 spiro atoms. The third kappa shape index (κ3) is 4.02. The van der Waals surface area contributed by atoms with Crippen LogP contribution in [-0.4, -0.2) is 11.6 Å². The highest BCUT2D eigenvalue weighted by Gasteiger charge is 2.05. The Morgan fingerprint density at radius 1 is 1.13 bits per heavy atom. The van der Waals surface area contributed by atoms with Gasteiger partial charge >= 0.3 is 0 Å². The summed E-state index contributed by atoms with van der Waals surface area (Å²) in [7, 11) is 0. The lowest BCUT2D eigenvalue weighted by Gasteiger charge is -2.11. The molecule has 118 valence electrons. The van der Waals surface area contributed by atoms with Gasteiger partial charge in [0.05, 0.1) is 12.1 Å². The molecule has 0 fully saturated rings. The molecule has 1 heterocycles. The molecule has 23 heavy (non-hydrogen) atoms. The molecule has 1 aromatic heterocycles. The fourth-order valence-corrected chi connectivity index (χ4v) is 2.78. The first-order chi connectivity index (χ1) is 11.3. The average Bonchev–Trinajstić information content (AvgIpc) is 2.55. The van der Waals surface area contributed by atoms with Gasteiger partial charge in [-0.3, -0.25) is 4.98 Å². The first kappa shape index (κ1) is 15.8. The second-order valence-corrected chi connectivity index (χ2v) is 6.29. The standard InChI is InChI=1S/C19H19BrN2O/c1-2-3-11-23-16-7-8-17-18(9-10-21-19(17)13-16)22-15-6-4-5-14(20)12-15/h4-10,12-13H,2-3,11H2,1H3,(H,21,22). The van der Waals surface area contributed by atoms with E-state index in [9.17, 15) is 0 Å². The molecule has 0 unspecified atom stereocenters. The van der Waals surface area contributed by atoms with Crippen molar-refractivity contribution in [1.82, 2.24) is 4.98 Å². The molecule has 3 rings (SSSR count). The van der Waals surface area contributed by atoms with E-state index in [-0.39, 0.29) is 0 Å². The van der Waals surface area contributed by atoms with Crippen molar-refractivity contribution in [3.8, 4) is 5.75 Å². The Labute approximate surface area is 144 Å². The van der Waals surface area contributed by atoms with Crippen molar-refractivity contribution in [2.45, 2.75) is 19.8 Å². The van der Waals surface area contributed by atoms with Crippen LogP contribution in [0.5, 0.6) is 5.75 Å². The number of rotatable bonds is 6. The van der Waals surface area contributed by atoms with E-state index < -0.39 is 0 Å². The quantitative estimate of drug-likeness (QED) is 0.546. The second kappa shape index (κ2) is 7.47. The van der Waals surface area contributed by atoms with E-state index in [0.717, 1.165) is 51.9 Å². The number of pyridine rings is 1. The van der Waals surface area contributed by atoms with Crippen molar-refractivity contribution in [3.05, 3.63) is 59.2 Å². The molecule has 0 aliphatic heterocycles. The first-order valence-electron chi connectivity index (χ1n) is 7.80. The van der Waals surface area contributed by atoms with Gasteiger partial charge in [-0.2, -0.15) is 0 Å². The largest absolute Gasteiger partial charge is 0.494 e. The molecule has 0 atom stereocenters. The number of unbranched alkanes of at least 4 members (excludes halogenated alkanes) is 1. The van der Waals surface area contributed by atoms with E-state index in [2.05, 4.69) is 45.3 Å². The Kier molecular flexibility index (Phi) is 5.13. The van der Waals surface area contributed by atoms with Crippen LogP contribution in [-0.2, 0) is 0 Å². The van der Waals surface area contributed by atoms with Gasteiger partial charge in [0.1, 0.15) is 5.75 Å². The molecule has 0 bridgehead atoms. The Hall–Kier alpha value is -2.07. The lowest BCUT2D eigenvalue weighted by Crippen LogP contribution is -1.97. The lowest BCUT2D eigenvalue weighted by atomic mass is 10.1. The first-order valence-corrected chi connectivity index (χ1v) is 8.60. The van der Waals surface area contributed by atoms with Crippen molar-refractivity contribution in [3.63, 3.8) is 0 Å². The molecule has 3 nitrogen and oxygen atoms in total. The zero-order valence-corrected chi connectivity index (χ0v) is 14.6. The van der Waals surface area contributed by atoms with E-state index in [0.29, 0.717) is 0 Å². The summed E-state index contributed by atoms with van der Waals surface area (Å²) in [4.78, 5) is 4.46. The molecular weight excluding hydrogens is 352 g/mol. The number of ether oxygens (including phenoxy) is 1. The third-order valence-electron chi connectivity index (χ3n) is 3.58. The summed E-state index contributed by atoms with van der Waals surface area (Å²) in [5.74, 6) is 0.873. The van der Waals surface area contributed by atoms with Gasteiger partial charge in [0.2, 0.25) is 0 Å². The topological polar surface area (TPSA) is 34.1 Å². The molecule has 0 radical (unpaired) electrons. The molecule has 2 aromatic carbocycles. The monoisotopic (exact) mass is 370 g/mol. The molecule has 0 saturated carbocycles. The summed E-state index contributed by atoms with van der Waals surface area (Å²) in [6.07, 6.45) is 4.01.